The van der Waals surface area contributed by atoms with Crippen LogP contribution >= 0.6 is 23.2 Å². The Kier molecular flexibility index (Phi) is 5.80. The summed E-state index contributed by atoms with van der Waals surface area (Å²) in [7, 11) is 0. The highest BCUT2D eigenvalue weighted by Crippen LogP contribution is 2.35. The number of alkyl halides is 1. The van der Waals surface area contributed by atoms with E-state index < -0.39 is 0 Å². The van der Waals surface area contributed by atoms with Crippen LogP contribution in [-0.4, -0.2) is 5.88 Å². The average molecular weight is 368 g/mol. The average Bonchev–Trinajstić information content (AvgIpc) is 2.65. The largest absolute Gasteiger partial charge is 0.290 e. The van der Waals surface area contributed by atoms with Crippen molar-refractivity contribution >= 4 is 34.3 Å². The fourth-order valence-corrected chi connectivity index (χ4v) is 3.22. The molecule has 0 fully saturated rings. The van der Waals surface area contributed by atoms with Gasteiger partial charge in [-0.05, 0) is 58.5 Å². The van der Waals surface area contributed by atoms with Gasteiger partial charge in [-0.3, -0.25) is 5.11 Å². The number of hydrogen-bond acceptors (Lipinski definition) is 0. The molecule has 0 amide bonds. The molecule has 0 bridgehead atoms. The molecule has 0 aliphatic carbocycles. The number of rotatable bonds is 5. The Morgan fingerprint density at radius 2 is 1.28 bits per heavy atom. The van der Waals surface area contributed by atoms with Crippen molar-refractivity contribution in [1.82, 2.24) is 0 Å². The van der Waals surface area contributed by atoms with Crippen LogP contribution in [-0.2, 0) is 5.11 Å². The quantitative estimate of drug-likeness (QED) is 0.339. The third kappa shape index (κ3) is 4.25. The topological polar surface area (TPSA) is 19.9 Å². The minimum Gasteiger partial charge on any atom is -0.290 e. The Bertz CT molecular complexity index is 803. The summed E-state index contributed by atoms with van der Waals surface area (Å²) in [6.45, 7) is 0. The number of allylic oxidation sites excluding steroid dienone is 1. The van der Waals surface area contributed by atoms with Gasteiger partial charge in [0.15, 0.2) is 5.75 Å². The predicted octanol–water partition coefficient (Wildman–Crippen LogP) is 7.07. The first-order chi connectivity index (χ1) is 12.2. The highest BCUT2D eigenvalue weighted by atomic mass is 35.5. The number of halogens is 2. The van der Waals surface area contributed by atoms with Gasteiger partial charge in [-0.15, -0.1) is 11.6 Å². The molecular formula is C22H17Cl2O. The molecule has 0 saturated carbocycles. The monoisotopic (exact) mass is 367 g/mol. The summed E-state index contributed by atoms with van der Waals surface area (Å²) < 4.78 is 0. The molecule has 1 radical (unpaired) electrons. The van der Waals surface area contributed by atoms with Crippen molar-refractivity contribution < 1.29 is 5.11 Å². The Labute approximate surface area is 158 Å². The molecule has 0 aliphatic rings. The lowest BCUT2D eigenvalue weighted by Gasteiger charge is -2.17. The van der Waals surface area contributed by atoms with Crippen LogP contribution in [0, 0.1) is 0 Å². The van der Waals surface area contributed by atoms with Gasteiger partial charge >= 0.3 is 0 Å². The lowest BCUT2D eigenvalue weighted by molar-refractivity contribution is 0.355. The lowest BCUT2D eigenvalue weighted by Crippen LogP contribution is -1.96. The molecular weight excluding hydrogens is 351 g/mol. The van der Waals surface area contributed by atoms with Gasteiger partial charge in [-0.2, -0.15) is 0 Å². The third-order valence-corrected chi connectivity index (χ3v) is 4.49. The first kappa shape index (κ1) is 17.6. The van der Waals surface area contributed by atoms with E-state index in [1.807, 2.05) is 54.6 Å². The maximum absolute atomic E-state index is 11.5. The zero-order valence-electron chi connectivity index (χ0n) is 13.6. The van der Waals surface area contributed by atoms with Crippen LogP contribution in [0.4, 0.5) is 0 Å². The summed E-state index contributed by atoms with van der Waals surface area (Å²) in [5, 5.41) is 12.2. The zero-order chi connectivity index (χ0) is 17.6. The van der Waals surface area contributed by atoms with E-state index in [0.717, 1.165) is 34.3 Å². The van der Waals surface area contributed by atoms with Crippen LogP contribution in [0.5, 0.6) is 5.75 Å². The summed E-state index contributed by atoms with van der Waals surface area (Å²) >= 11 is 12.2. The van der Waals surface area contributed by atoms with Gasteiger partial charge in [-0.25, -0.2) is 0 Å². The van der Waals surface area contributed by atoms with Crippen molar-refractivity contribution in [3.05, 3.63) is 101 Å². The smallest absolute Gasteiger partial charge is 0.178 e. The van der Waals surface area contributed by atoms with Gasteiger partial charge < -0.3 is 0 Å². The second-order valence-corrected chi connectivity index (χ2v) is 6.50. The molecule has 0 saturated heterocycles. The molecule has 0 heterocycles. The number of benzene rings is 3. The van der Waals surface area contributed by atoms with Gasteiger partial charge in [0.1, 0.15) is 0 Å². The highest BCUT2D eigenvalue weighted by molar-refractivity contribution is 6.30. The lowest BCUT2D eigenvalue weighted by atomic mass is 9.88. The van der Waals surface area contributed by atoms with E-state index in [4.69, 9.17) is 23.2 Å². The maximum atomic E-state index is 11.5. The minimum atomic E-state index is -0.00203. The Morgan fingerprint density at radius 1 is 0.720 bits per heavy atom. The van der Waals surface area contributed by atoms with Crippen molar-refractivity contribution in [3.63, 3.8) is 0 Å². The molecule has 3 rings (SSSR count). The van der Waals surface area contributed by atoms with Crippen LogP contribution < -0.4 is 0 Å². The Balaban J connectivity index is 2.26. The molecule has 0 N–H and O–H groups in total. The van der Waals surface area contributed by atoms with E-state index in [1.54, 1.807) is 12.1 Å². The second kappa shape index (κ2) is 8.24. The first-order valence-corrected chi connectivity index (χ1v) is 8.98. The van der Waals surface area contributed by atoms with Crippen molar-refractivity contribution in [2.75, 3.05) is 5.88 Å². The molecule has 0 atom stereocenters. The van der Waals surface area contributed by atoms with Gasteiger partial charge in [-0.1, -0.05) is 66.2 Å². The van der Waals surface area contributed by atoms with Crippen LogP contribution in [0.25, 0.3) is 11.1 Å². The second-order valence-electron chi connectivity index (χ2n) is 5.69. The van der Waals surface area contributed by atoms with Crippen molar-refractivity contribution in [1.29, 1.82) is 0 Å². The van der Waals surface area contributed by atoms with E-state index in [2.05, 4.69) is 12.1 Å². The summed E-state index contributed by atoms with van der Waals surface area (Å²) in [6.07, 6.45) is 0.725. The van der Waals surface area contributed by atoms with E-state index >= 15 is 0 Å². The fourth-order valence-electron chi connectivity index (χ4n) is 2.90. The highest BCUT2D eigenvalue weighted by Gasteiger charge is 2.14. The Morgan fingerprint density at radius 3 is 1.84 bits per heavy atom. The van der Waals surface area contributed by atoms with Crippen molar-refractivity contribution in [2.45, 2.75) is 6.42 Å². The standard InChI is InChI=1S/C22H17Cl2O/c23-15-14-21(16-4-2-1-3-5-16)22(17-6-10-19(24)11-7-17)18-8-12-20(25)13-9-18/h1-13H,14-15H2. The Hall–Kier alpha value is -2.22. The van der Waals surface area contributed by atoms with E-state index in [0.29, 0.717) is 10.9 Å². The molecule has 0 spiro atoms. The summed E-state index contributed by atoms with van der Waals surface area (Å²) in [6, 6.07) is 24.9. The van der Waals surface area contributed by atoms with E-state index in [1.165, 1.54) is 0 Å². The molecule has 3 heteroatoms. The summed E-state index contributed by atoms with van der Waals surface area (Å²) in [5.41, 5.74) is 5.39. The maximum Gasteiger partial charge on any atom is 0.178 e. The summed E-state index contributed by atoms with van der Waals surface area (Å²) in [4.78, 5) is 0. The molecule has 0 aromatic heterocycles. The van der Waals surface area contributed by atoms with E-state index in [-0.39, 0.29) is 5.75 Å². The zero-order valence-corrected chi connectivity index (χ0v) is 15.1. The van der Waals surface area contributed by atoms with Crippen LogP contribution in [0.15, 0.2) is 78.9 Å². The number of hydrogen-bond donors (Lipinski definition) is 0. The first-order valence-electron chi connectivity index (χ1n) is 8.07. The molecule has 3 aromatic carbocycles. The van der Waals surface area contributed by atoms with Crippen LogP contribution in [0.2, 0.25) is 5.02 Å². The molecule has 3 aromatic rings. The third-order valence-electron chi connectivity index (χ3n) is 4.04. The van der Waals surface area contributed by atoms with Gasteiger partial charge in [0.05, 0.1) is 0 Å². The van der Waals surface area contributed by atoms with E-state index in [9.17, 15) is 5.11 Å². The predicted molar refractivity (Wildman–Crippen MR) is 106 cm³/mol. The van der Waals surface area contributed by atoms with Crippen LogP contribution in [0.3, 0.4) is 0 Å². The van der Waals surface area contributed by atoms with Gasteiger partial charge in [0.25, 0.3) is 0 Å². The van der Waals surface area contributed by atoms with Crippen molar-refractivity contribution in [2.24, 2.45) is 0 Å². The molecule has 1 nitrogen and oxygen atoms in total. The molecule has 0 unspecified atom stereocenters. The molecule has 125 valence electrons. The molecule has 0 aliphatic heterocycles. The van der Waals surface area contributed by atoms with Crippen LogP contribution in [0.1, 0.15) is 23.1 Å². The fraction of sp³-hybridized carbons (Fsp3) is 0.0909. The van der Waals surface area contributed by atoms with Gasteiger partial charge in [0, 0.05) is 10.9 Å². The molecule has 25 heavy (non-hydrogen) atoms. The SMILES string of the molecule is [O]c1ccc(C(=C(CCCl)c2ccccc2)c2ccc(Cl)cc2)cc1. The minimum absolute atomic E-state index is 0.00203. The van der Waals surface area contributed by atoms with Gasteiger partial charge in [0.2, 0.25) is 0 Å². The summed E-state index contributed by atoms with van der Waals surface area (Å²) in [5.74, 6) is 0.513. The van der Waals surface area contributed by atoms with Crippen molar-refractivity contribution in [3.8, 4) is 5.75 Å². The normalized spacial score (nSPS) is 11.9.